The van der Waals surface area contributed by atoms with Crippen LogP contribution in [0.2, 0.25) is 0 Å². The van der Waals surface area contributed by atoms with Gasteiger partial charge in [-0.05, 0) is 36.8 Å². The highest BCUT2D eigenvalue weighted by Crippen LogP contribution is 2.33. The smallest absolute Gasteiger partial charge is 0.361 e. The van der Waals surface area contributed by atoms with Crippen molar-refractivity contribution in [2.45, 2.75) is 25.6 Å². The van der Waals surface area contributed by atoms with Crippen LogP contribution >= 0.6 is 0 Å². The summed E-state index contributed by atoms with van der Waals surface area (Å²) in [5, 5.41) is 7.03. The van der Waals surface area contributed by atoms with Crippen LogP contribution in [-0.2, 0) is 4.79 Å². The summed E-state index contributed by atoms with van der Waals surface area (Å²) >= 11 is 0. The van der Waals surface area contributed by atoms with Crippen LogP contribution in [0.1, 0.15) is 18.0 Å². The monoisotopic (exact) mass is 336 g/mol. The summed E-state index contributed by atoms with van der Waals surface area (Å²) in [6, 6.07) is 4.54. The second kappa shape index (κ2) is 6.03. The SMILES string of the molecule is Cc1c[nH]c2ccc(NC(=O)CC(n3cccn3)C(F)(F)F)cc12. The van der Waals surface area contributed by atoms with Crippen molar-refractivity contribution in [3.8, 4) is 0 Å². The molecule has 2 heterocycles. The number of hydrogen-bond donors (Lipinski definition) is 2. The van der Waals surface area contributed by atoms with Crippen molar-refractivity contribution < 1.29 is 18.0 Å². The summed E-state index contributed by atoms with van der Waals surface area (Å²) in [5.74, 6) is -0.722. The maximum absolute atomic E-state index is 13.2. The first-order valence-corrected chi connectivity index (χ1v) is 7.28. The van der Waals surface area contributed by atoms with Gasteiger partial charge in [0.05, 0.1) is 6.42 Å². The Kier molecular flexibility index (Phi) is 4.04. The molecular formula is C16H15F3N4O. The molecule has 3 rings (SSSR count). The van der Waals surface area contributed by atoms with E-state index in [1.54, 1.807) is 18.2 Å². The molecule has 0 saturated heterocycles. The molecule has 0 aliphatic carbocycles. The van der Waals surface area contributed by atoms with Gasteiger partial charge in [0.1, 0.15) is 0 Å². The second-order valence-corrected chi connectivity index (χ2v) is 5.53. The zero-order chi connectivity index (χ0) is 17.3. The largest absolute Gasteiger partial charge is 0.411 e. The number of amides is 1. The fourth-order valence-electron chi connectivity index (χ4n) is 2.55. The van der Waals surface area contributed by atoms with Crippen molar-refractivity contribution in [1.29, 1.82) is 0 Å². The third-order valence-electron chi connectivity index (χ3n) is 3.77. The molecule has 0 spiro atoms. The third-order valence-corrected chi connectivity index (χ3v) is 3.77. The minimum atomic E-state index is -4.56. The average Bonchev–Trinajstić information content (AvgIpc) is 3.14. The zero-order valence-electron chi connectivity index (χ0n) is 12.8. The molecule has 1 amide bonds. The number of alkyl halides is 3. The quantitative estimate of drug-likeness (QED) is 0.761. The van der Waals surface area contributed by atoms with Crippen molar-refractivity contribution in [3.05, 3.63) is 48.4 Å². The number of rotatable bonds is 4. The second-order valence-electron chi connectivity index (χ2n) is 5.53. The van der Waals surface area contributed by atoms with Crippen LogP contribution in [0, 0.1) is 6.92 Å². The van der Waals surface area contributed by atoms with Crippen molar-refractivity contribution in [3.63, 3.8) is 0 Å². The lowest BCUT2D eigenvalue weighted by Crippen LogP contribution is -2.31. The van der Waals surface area contributed by atoms with E-state index in [-0.39, 0.29) is 0 Å². The van der Waals surface area contributed by atoms with Crippen molar-refractivity contribution in [2.24, 2.45) is 0 Å². The number of benzene rings is 1. The van der Waals surface area contributed by atoms with E-state index in [1.807, 2.05) is 13.1 Å². The number of carbonyl (C=O) groups is 1. The Morgan fingerprint density at radius 3 is 2.88 bits per heavy atom. The normalized spacial score (nSPS) is 13.2. The molecule has 3 aromatic rings. The standard InChI is InChI=1S/C16H15F3N4O/c1-10-9-20-13-4-3-11(7-12(10)13)22-15(24)8-14(16(17,18)19)23-6-2-5-21-23/h2-7,9,14,20H,8H2,1H3,(H,22,24). The number of aryl methyl sites for hydroxylation is 1. The Labute approximate surface area is 135 Å². The molecule has 8 heteroatoms. The molecule has 5 nitrogen and oxygen atoms in total. The highest BCUT2D eigenvalue weighted by Gasteiger charge is 2.42. The number of halogens is 3. The van der Waals surface area contributed by atoms with E-state index in [4.69, 9.17) is 0 Å². The molecule has 1 atom stereocenters. The number of hydrogen-bond acceptors (Lipinski definition) is 2. The van der Waals surface area contributed by atoms with E-state index in [2.05, 4.69) is 15.4 Å². The molecule has 0 saturated carbocycles. The third kappa shape index (κ3) is 3.27. The number of nitrogens with zero attached hydrogens (tertiary/aromatic N) is 2. The number of H-pyrrole nitrogens is 1. The molecule has 1 unspecified atom stereocenters. The number of fused-ring (bicyclic) bond motifs is 1. The van der Waals surface area contributed by atoms with Gasteiger partial charge in [-0.1, -0.05) is 0 Å². The zero-order valence-corrected chi connectivity index (χ0v) is 12.8. The number of nitrogens with one attached hydrogen (secondary N) is 2. The first-order valence-electron chi connectivity index (χ1n) is 7.28. The maximum atomic E-state index is 13.2. The average molecular weight is 336 g/mol. The molecule has 126 valence electrons. The van der Waals surface area contributed by atoms with E-state index in [0.29, 0.717) is 5.69 Å². The van der Waals surface area contributed by atoms with Crippen molar-refractivity contribution in [1.82, 2.24) is 14.8 Å². The summed E-state index contributed by atoms with van der Waals surface area (Å²) in [6.07, 6.45) is -1.03. The lowest BCUT2D eigenvalue weighted by atomic mass is 10.1. The van der Waals surface area contributed by atoms with E-state index < -0.39 is 24.5 Å². The summed E-state index contributed by atoms with van der Waals surface area (Å²) in [7, 11) is 0. The summed E-state index contributed by atoms with van der Waals surface area (Å²) < 4.78 is 40.2. The van der Waals surface area contributed by atoms with E-state index in [9.17, 15) is 18.0 Å². The van der Waals surface area contributed by atoms with Gasteiger partial charge in [-0.3, -0.25) is 9.48 Å². The lowest BCUT2D eigenvalue weighted by molar-refractivity contribution is -0.174. The van der Waals surface area contributed by atoms with Crippen molar-refractivity contribution in [2.75, 3.05) is 5.32 Å². The molecule has 0 radical (unpaired) electrons. The number of aromatic amines is 1. The highest BCUT2D eigenvalue weighted by atomic mass is 19.4. The fourth-order valence-corrected chi connectivity index (χ4v) is 2.55. The van der Waals surface area contributed by atoms with E-state index in [0.717, 1.165) is 21.1 Å². The van der Waals surface area contributed by atoms with Gasteiger partial charge in [-0.25, -0.2) is 0 Å². The van der Waals surface area contributed by atoms with E-state index in [1.165, 1.54) is 18.5 Å². The van der Waals surface area contributed by atoms with Crippen LogP contribution in [0.3, 0.4) is 0 Å². The number of carbonyl (C=O) groups excluding carboxylic acids is 1. The minimum Gasteiger partial charge on any atom is -0.361 e. The Balaban J connectivity index is 1.76. The van der Waals surface area contributed by atoms with Gasteiger partial charge < -0.3 is 10.3 Å². The van der Waals surface area contributed by atoms with Crippen LogP contribution in [-0.4, -0.2) is 26.8 Å². The van der Waals surface area contributed by atoms with Crippen molar-refractivity contribution >= 4 is 22.5 Å². The van der Waals surface area contributed by atoms with Gasteiger partial charge in [0.15, 0.2) is 6.04 Å². The topological polar surface area (TPSA) is 62.7 Å². The number of anilines is 1. The van der Waals surface area contributed by atoms with E-state index >= 15 is 0 Å². The molecule has 0 fully saturated rings. The first-order chi connectivity index (χ1) is 11.3. The van der Waals surface area contributed by atoms with Crippen LogP contribution < -0.4 is 5.32 Å². The molecule has 0 aliphatic rings. The maximum Gasteiger partial charge on any atom is 0.411 e. The molecule has 1 aromatic carbocycles. The van der Waals surface area contributed by atoms with Gasteiger partial charge in [0.25, 0.3) is 0 Å². The van der Waals surface area contributed by atoms with Crippen LogP contribution in [0.25, 0.3) is 10.9 Å². The molecular weight excluding hydrogens is 321 g/mol. The predicted octanol–water partition coefficient (Wildman–Crippen LogP) is 3.81. The molecule has 0 aliphatic heterocycles. The molecule has 2 N–H and O–H groups in total. The Morgan fingerprint density at radius 1 is 1.42 bits per heavy atom. The van der Waals surface area contributed by atoms with Crippen LogP contribution in [0.5, 0.6) is 0 Å². The molecule has 24 heavy (non-hydrogen) atoms. The van der Waals surface area contributed by atoms with Gasteiger partial charge in [-0.15, -0.1) is 0 Å². The Bertz CT molecular complexity index is 852. The summed E-state index contributed by atoms with van der Waals surface area (Å²) in [5.41, 5.74) is 2.35. The van der Waals surface area contributed by atoms with Gasteiger partial charge >= 0.3 is 6.18 Å². The van der Waals surface area contributed by atoms with Crippen LogP contribution in [0.15, 0.2) is 42.9 Å². The first kappa shape index (κ1) is 16.1. The van der Waals surface area contributed by atoms with Crippen LogP contribution in [0.4, 0.5) is 18.9 Å². The Hall–Kier alpha value is -2.77. The molecule has 2 aromatic heterocycles. The van der Waals surface area contributed by atoms with Gasteiger partial charge in [-0.2, -0.15) is 18.3 Å². The highest BCUT2D eigenvalue weighted by molar-refractivity contribution is 5.94. The summed E-state index contributed by atoms with van der Waals surface area (Å²) in [6.45, 7) is 1.90. The fraction of sp³-hybridized carbons (Fsp3) is 0.250. The predicted molar refractivity (Wildman–Crippen MR) is 83.6 cm³/mol. The minimum absolute atomic E-state index is 0.455. The summed E-state index contributed by atoms with van der Waals surface area (Å²) in [4.78, 5) is 15.1. The lowest BCUT2D eigenvalue weighted by Gasteiger charge is -2.20. The van der Waals surface area contributed by atoms with Gasteiger partial charge in [0.2, 0.25) is 5.91 Å². The Morgan fingerprint density at radius 2 is 2.21 bits per heavy atom. The number of aromatic nitrogens is 3. The van der Waals surface area contributed by atoms with Gasteiger partial charge in [0, 0.05) is 35.2 Å². The molecule has 0 bridgehead atoms.